The Hall–Kier alpha value is -0.540. The van der Waals surface area contributed by atoms with Gasteiger partial charge in [-0.05, 0) is 62.8 Å². The molecule has 2 aliphatic rings. The molecule has 20 heavy (non-hydrogen) atoms. The van der Waals surface area contributed by atoms with E-state index in [1.165, 1.54) is 48.0 Å². The fourth-order valence-electron chi connectivity index (χ4n) is 3.82. The Balaban J connectivity index is 1.86. The van der Waals surface area contributed by atoms with Gasteiger partial charge in [-0.15, -0.1) is 0 Å². The van der Waals surface area contributed by atoms with E-state index in [-0.39, 0.29) is 0 Å². The number of halogens is 1. The minimum atomic E-state index is 0.428. The van der Waals surface area contributed by atoms with Crippen LogP contribution in [-0.4, -0.2) is 19.1 Å². The highest BCUT2D eigenvalue weighted by Gasteiger charge is 2.38. The van der Waals surface area contributed by atoms with E-state index in [2.05, 4.69) is 58.2 Å². The van der Waals surface area contributed by atoms with Crippen molar-refractivity contribution < 1.29 is 0 Å². The van der Waals surface area contributed by atoms with Crippen molar-refractivity contribution in [3.05, 3.63) is 28.2 Å². The number of nitrogens with one attached hydrogen (secondary N) is 1. The van der Waals surface area contributed by atoms with Crippen LogP contribution < -0.4 is 10.2 Å². The molecule has 0 aromatic heterocycles. The number of fused-ring (bicyclic) bond motifs is 2. The first-order valence-corrected chi connectivity index (χ1v) is 8.77. The smallest absolute Gasteiger partial charge is 0.0428 e. The van der Waals surface area contributed by atoms with Crippen LogP contribution in [0.5, 0.6) is 0 Å². The number of hydrogen-bond acceptors (Lipinski definition) is 2. The zero-order valence-electron chi connectivity index (χ0n) is 12.5. The number of hydrogen-bond donors (Lipinski definition) is 1. The topological polar surface area (TPSA) is 15.3 Å². The lowest BCUT2D eigenvalue weighted by molar-refractivity contribution is 0.541. The minimum absolute atomic E-state index is 0.428. The van der Waals surface area contributed by atoms with Gasteiger partial charge in [0.05, 0.1) is 0 Å². The second-order valence-corrected chi connectivity index (χ2v) is 7.28. The Kier molecular flexibility index (Phi) is 4.37. The van der Waals surface area contributed by atoms with Crippen molar-refractivity contribution in [2.24, 2.45) is 5.92 Å². The fraction of sp³-hybridized carbons (Fsp3) is 0.647. The molecule has 1 aliphatic heterocycles. The Morgan fingerprint density at radius 3 is 2.90 bits per heavy atom. The van der Waals surface area contributed by atoms with Crippen molar-refractivity contribution in [3.8, 4) is 0 Å². The quantitative estimate of drug-likeness (QED) is 0.851. The molecule has 2 fully saturated rings. The summed E-state index contributed by atoms with van der Waals surface area (Å²) in [5.41, 5.74) is 2.90. The van der Waals surface area contributed by atoms with Crippen molar-refractivity contribution in [2.75, 3.05) is 18.0 Å². The summed E-state index contributed by atoms with van der Waals surface area (Å²) in [5.74, 6) is 0.936. The number of piperidine rings is 1. The standard InChI is InChI=1S/C17H25BrN2/c1-3-8-19-12(2)16-7-5-14(18)10-17(16)20-11-13-4-6-15(20)9-13/h5,7,10,12-13,15,19H,3-4,6,8-9,11H2,1-2H3. The highest BCUT2D eigenvalue weighted by atomic mass is 79.9. The molecule has 0 radical (unpaired) electrons. The molecule has 1 saturated carbocycles. The lowest BCUT2D eigenvalue weighted by atomic mass is 10.0. The summed E-state index contributed by atoms with van der Waals surface area (Å²) in [6.07, 6.45) is 5.41. The van der Waals surface area contributed by atoms with E-state index >= 15 is 0 Å². The lowest BCUT2D eigenvalue weighted by Gasteiger charge is -2.32. The van der Waals surface area contributed by atoms with Gasteiger partial charge in [0.15, 0.2) is 0 Å². The Labute approximate surface area is 131 Å². The second-order valence-electron chi connectivity index (χ2n) is 6.36. The maximum atomic E-state index is 3.65. The molecule has 3 atom stereocenters. The van der Waals surface area contributed by atoms with Gasteiger partial charge < -0.3 is 10.2 Å². The van der Waals surface area contributed by atoms with Crippen molar-refractivity contribution in [1.29, 1.82) is 0 Å². The number of nitrogens with zero attached hydrogens (tertiary/aromatic N) is 1. The summed E-state index contributed by atoms with van der Waals surface area (Å²) >= 11 is 3.65. The van der Waals surface area contributed by atoms with Gasteiger partial charge in [0.1, 0.15) is 0 Å². The van der Waals surface area contributed by atoms with Crippen LogP contribution in [0.1, 0.15) is 51.1 Å². The summed E-state index contributed by atoms with van der Waals surface area (Å²) < 4.78 is 1.20. The molecule has 1 aromatic carbocycles. The summed E-state index contributed by atoms with van der Waals surface area (Å²) in [7, 11) is 0. The minimum Gasteiger partial charge on any atom is -0.368 e. The van der Waals surface area contributed by atoms with E-state index in [4.69, 9.17) is 0 Å². The van der Waals surface area contributed by atoms with Gasteiger partial charge in [-0.25, -0.2) is 0 Å². The molecule has 3 rings (SSSR count). The first-order chi connectivity index (χ1) is 9.69. The van der Waals surface area contributed by atoms with Crippen molar-refractivity contribution >= 4 is 21.6 Å². The highest BCUT2D eigenvalue weighted by Crippen LogP contribution is 2.42. The van der Waals surface area contributed by atoms with Crippen LogP contribution in [0, 0.1) is 5.92 Å². The van der Waals surface area contributed by atoms with E-state index in [0.717, 1.165) is 18.5 Å². The van der Waals surface area contributed by atoms with Gasteiger partial charge in [-0.2, -0.15) is 0 Å². The van der Waals surface area contributed by atoms with Crippen molar-refractivity contribution in [3.63, 3.8) is 0 Å². The van der Waals surface area contributed by atoms with Crippen LogP contribution in [0.3, 0.4) is 0 Å². The summed E-state index contributed by atoms with van der Waals surface area (Å²) in [4.78, 5) is 2.67. The second kappa shape index (κ2) is 6.07. The monoisotopic (exact) mass is 336 g/mol. The SMILES string of the molecule is CCCNC(C)c1ccc(Br)cc1N1CC2CCC1C2. The van der Waals surface area contributed by atoms with Crippen LogP contribution in [0.15, 0.2) is 22.7 Å². The number of benzene rings is 1. The number of rotatable bonds is 5. The molecule has 2 nitrogen and oxygen atoms in total. The van der Waals surface area contributed by atoms with E-state index in [0.29, 0.717) is 6.04 Å². The normalized spacial score (nSPS) is 26.2. The third kappa shape index (κ3) is 2.75. The Morgan fingerprint density at radius 1 is 1.40 bits per heavy atom. The van der Waals surface area contributed by atoms with Crippen LogP contribution in [-0.2, 0) is 0 Å². The molecule has 110 valence electrons. The maximum absolute atomic E-state index is 3.65. The fourth-order valence-corrected chi connectivity index (χ4v) is 4.17. The third-order valence-corrected chi connectivity index (χ3v) is 5.37. The molecule has 1 aliphatic carbocycles. The van der Waals surface area contributed by atoms with Crippen LogP contribution >= 0.6 is 15.9 Å². The van der Waals surface area contributed by atoms with Crippen molar-refractivity contribution in [2.45, 2.75) is 51.6 Å². The van der Waals surface area contributed by atoms with Gasteiger partial charge >= 0.3 is 0 Å². The van der Waals surface area contributed by atoms with Gasteiger partial charge in [-0.3, -0.25) is 0 Å². The molecule has 1 saturated heterocycles. The highest BCUT2D eigenvalue weighted by molar-refractivity contribution is 9.10. The lowest BCUT2D eigenvalue weighted by Crippen LogP contribution is -2.33. The molecule has 1 aromatic rings. The van der Waals surface area contributed by atoms with Gasteiger partial charge in [0.2, 0.25) is 0 Å². The van der Waals surface area contributed by atoms with Gasteiger partial charge in [0.25, 0.3) is 0 Å². The number of anilines is 1. The zero-order chi connectivity index (χ0) is 14.1. The Morgan fingerprint density at radius 2 is 2.25 bits per heavy atom. The molecule has 0 amide bonds. The first kappa shape index (κ1) is 14.4. The molecule has 3 unspecified atom stereocenters. The maximum Gasteiger partial charge on any atom is 0.0428 e. The Bertz CT molecular complexity index is 474. The molecule has 2 bridgehead atoms. The molecule has 3 heteroatoms. The summed E-state index contributed by atoms with van der Waals surface area (Å²) in [6.45, 7) is 6.86. The van der Waals surface area contributed by atoms with E-state index in [1.54, 1.807) is 0 Å². The third-order valence-electron chi connectivity index (χ3n) is 4.88. The van der Waals surface area contributed by atoms with Crippen LogP contribution in [0.2, 0.25) is 0 Å². The van der Waals surface area contributed by atoms with Gasteiger partial charge in [-0.1, -0.05) is 28.9 Å². The zero-order valence-corrected chi connectivity index (χ0v) is 14.1. The van der Waals surface area contributed by atoms with E-state index < -0.39 is 0 Å². The molecule has 1 heterocycles. The molecule has 0 spiro atoms. The average Bonchev–Trinajstić information content (AvgIpc) is 3.07. The van der Waals surface area contributed by atoms with E-state index in [1.807, 2.05) is 0 Å². The predicted octanol–water partition coefficient (Wildman–Crippen LogP) is 4.50. The summed E-state index contributed by atoms with van der Waals surface area (Å²) in [6, 6.07) is 8.00. The van der Waals surface area contributed by atoms with Gasteiger partial charge in [0, 0.05) is 28.8 Å². The van der Waals surface area contributed by atoms with Crippen molar-refractivity contribution in [1.82, 2.24) is 5.32 Å². The van der Waals surface area contributed by atoms with E-state index in [9.17, 15) is 0 Å². The summed E-state index contributed by atoms with van der Waals surface area (Å²) in [5, 5.41) is 3.63. The first-order valence-electron chi connectivity index (χ1n) is 7.98. The van der Waals surface area contributed by atoms with Crippen LogP contribution in [0.4, 0.5) is 5.69 Å². The largest absolute Gasteiger partial charge is 0.368 e. The molecular formula is C17H25BrN2. The predicted molar refractivity (Wildman–Crippen MR) is 89.3 cm³/mol. The van der Waals surface area contributed by atoms with Crippen LogP contribution in [0.25, 0.3) is 0 Å². The molecule has 1 N–H and O–H groups in total. The molecular weight excluding hydrogens is 312 g/mol. The average molecular weight is 337 g/mol.